The van der Waals surface area contributed by atoms with Gasteiger partial charge >= 0.3 is 0 Å². The number of nitro benzene ring substituents is 1. The predicted octanol–water partition coefficient (Wildman–Crippen LogP) is 3.23. The van der Waals surface area contributed by atoms with Gasteiger partial charge in [0.2, 0.25) is 0 Å². The predicted molar refractivity (Wildman–Crippen MR) is 96.8 cm³/mol. The van der Waals surface area contributed by atoms with Crippen LogP contribution in [-0.2, 0) is 0 Å². The lowest BCUT2D eigenvalue weighted by atomic mass is 9.94. The maximum Gasteiger partial charge on any atom is 0.293 e. The van der Waals surface area contributed by atoms with Gasteiger partial charge in [0.25, 0.3) is 11.6 Å². The average Bonchev–Trinajstić information content (AvgIpc) is 2.77. The highest BCUT2D eigenvalue weighted by Crippen LogP contribution is 2.30. The van der Waals surface area contributed by atoms with E-state index in [1.165, 1.54) is 12.1 Å². The molecule has 1 aromatic rings. The molecule has 0 aromatic heterocycles. The molecule has 1 aliphatic rings. The molecule has 7 nitrogen and oxygen atoms in total. The van der Waals surface area contributed by atoms with Crippen molar-refractivity contribution in [2.24, 2.45) is 0 Å². The standard InChI is InChI=1S/C18H27N3O4/c1-13(2)20-17(22)14-7-8-15(16(11-14)21(24)25)19-12-18(23)9-5-3-4-6-10-18/h7-8,11,13,19,23H,3-6,9-10,12H2,1-2H3,(H,20,22). The zero-order valence-electron chi connectivity index (χ0n) is 14.9. The Hall–Kier alpha value is -2.15. The summed E-state index contributed by atoms with van der Waals surface area (Å²) in [5.41, 5.74) is -0.422. The van der Waals surface area contributed by atoms with Crippen molar-refractivity contribution in [2.45, 2.75) is 64.0 Å². The first-order chi connectivity index (χ1) is 11.8. The van der Waals surface area contributed by atoms with Crippen LogP contribution in [0.4, 0.5) is 11.4 Å². The second-order valence-corrected chi connectivity index (χ2v) is 7.11. The van der Waals surface area contributed by atoms with Crippen molar-refractivity contribution in [2.75, 3.05) is 11.9 Å². The minimum atomic E-state index is -0.835. The summed E-state index contributed by atoms with van der Waals surface area (Å²) in [5, 5.41) is 27.8. The molecule has 0 spiro atoms. The van der Waals surface area contributed by atoms with E-state index >= 15 is 0 Å². The SMILES string of the molecule is CC(C)NC(=O)c1ccc(NCC2(O)CCCCCC2)c([N+](=O)[O-])c1. The number of anilines is 1. The highest BCUT2D eigenvalue weighted by atomic mass is 16.6. The third kappa shape index (κ3) is 5.42. The summed E-state index contributed by atoms with van der Waals surface area (Å²) in [4.78, 5) is 22.9. The fourth-order valence-electron chi connectivity index (χ4n) is 3.14. The van der Waals surface area contributed by atoms with Crippen molar-refractivity contribution in [1.29, 1.82) is 0 Å². The Balaban J connectivity index is 2.14. The number of nitrogens with zero attached hydrogens (tertiary/aromatic N) is 1. The van der Waals surface area contributed by atoms with Gasteiger partial charge in [-0.1, -0.05) is 25.7 Å². The number of amides is 1. The van der Waals surface area contributed by atoms with Crippen LogP contribution in [0.5, 0.6) is 0 Å². The normalized spacial score (nSPS) is 17.0. The van der Waals surface area contributed by atoms with E-state index in [4.69, 9.17) is 0 Å². The third-order valence-corrected chi connectivity index (χ3v) is 4.52. The highest BCUT2D eigenvalue weighted by molar-refractivity contribution is 5.95. The minimum Gasteiger partial charge on any atom is -0.388 e. The van der Waals surface area contributed by atoms with Crippen molar-refractivity contribution in [1.82, 2.24) is 5.32 Å². The van der Waals surface area contributed by atoms with E-state index in [1.54, 1.807) is 6.07 Å². The molecule has 1 fully saturated rings. The molecule has 1 saturated carbocycles. The van der Waals surface area contributed by atoms with Crippen LogP contribution in [0.2, 0.25) is 0 Å². The molecule has 138 valence electrons. The molecule has 25 heavy (non-hydrogen) atoms. The molecule has 2 rings (SSSR count). The molecule has 0 radical (unpaired) electrons. The second-order valence-electron chi connectivity index (χ2n) is 7.11. The van der Waals surface area contributed by atoms with Crippen LogP contribution < -0.4 is 10.6 Å². The maximum absolute atomic E-state index is 12.0. The molecule has 1 amide bonds. The van der Waals surface area contributed by atoms with Crippen molar-refractivity contribution < 1.29 is 14.8 Å². The molecule has 3 N–H and O–H groups in total. The van der Waals surface area contributed by atoms with Crippen LogP contribution in [0.15, 0.2) is 18.2 Å². The number of carbonyl (C=O) groups excluding carboxylic acids is 1. The Morgan fingerprint density at radius 1 is 1.28 bits per heavy atom. The molecular formula is C18H27N3O4. The van der Waals surface area contributed by atoms with Crippen LogP contribution in [-0.4, -0.2) is 34.1 Å². The van der Waals surface area contributed by atoms with E-state index in [-0.39, 0.29) is 29.7 Å². The third-order valence-electron chi connectivity index (χ3n) is 4.52. The van der Waals surface area contributed by atoms with Gasteiger partial charge in [-0.2, -0.15) is 0 Å². The summed E-state index contributed by atoms with van der Waals surface area (Å²) in [5.74, 6) is -0.341. The second kappa shape index (κ2) is 8.29. The van der Waals surface area contributed by atoms with Gasteiger partial charge in [-0.25, -0.2) is 0 Å². The smallest absolute Gasteiger partial charge is 0.293 e. The number of aliphatic hydroxyl groups is 1. The highest BCUT2D eigenvalue weighted by Gasteiger charge is 2.29. The average molecular weight is 349 g/mol. The van der Waals surface area contributed by atoms with Gasteiger partial charge in [0.1, 0.15) is 5.69 Å². The molecule has 0 unspecified atom stereocenters. The Labute approximate surface area is 148 Å². The largest absolute Gasteiger partial charge is 0.388 e. The number of rotatable bonds is 6. The lowest BCUT2D eigenvalue weighted by molar-refractivity contribution is -0.384. The van der Waals surface area contributed by atoms with E-state index in [1.807, 2.05) is 13.8 Å². The maximum atomic E-state index is 12.0. The first kappa shape index (κ1) is 19.2. The first-order valence-corrected chi connectivity index (χ1v) is 8.86. The lowest BCUT2D eigenvalue weighted by Gasteiger charge is -2.27. The molecular weight excluding hydrogens is 322 g/mol. The van der Waals surface area contributed by atoms with E-state index in [0.717, 1.165) is 25.7 Å². The monoisotopic (exact) mass is 349 g/mol. The number of carbonyl (C=O) groups is 1. The summed E-state index contributed by atoms with van der Waals surface area (Å²) in [6.07, 6.45) is 5.55. The van der Waals surface area contributed by atoms with Gasteiger partial charge in [-0.15, -0.1) is 0 Å². The Kier molecular flexibility index (Phi) is 6.36. The van der Waals surface area contributed by atoms with Gasteiger partial charge in [0.15, 0.2) is 0 Å². The van der Waals surface area contributed by atoms with Gasteiger partial charge in [0.05, 0.1) is 10.5 Å². The van der Waals surface area contributed by atoms with Crippen molar-refractivity contribution in [3.8, 4) is 0 Å². The van der Waals surface area contributed by atoms with Gasteiger partial charge in [-0.05, 0) is 38.8 Å². The van der Waals surface area contributed by atoms with Crippen molar-refractivity contribution >= 4 is 17.3 Å². The number of hydrogen-bond acceptors (Lipinski definition) is 5. The van der Waals surface area contributed by atoms with E-state index in [9.17, 15) is 20.0 Å². The quantitative estimate of drug-likeness (QED) is 0.415. The molecule has 7 heteroatoms. The zero-order valence-corrected chi connectivity index (χ0v) is 14.9. The van der Waals surface area contributed by atoms with Crippen molar-refractivity contribution in [3.63, 3.8) is 0 Å². The summed E-state index contributed by atoms with van der Waals surface area (Å²) < 4.78 is 0. The Morgan fingerprint density at radius 2 is 1.92 bits per heavy atom. The molecule has 0 bridgehead atoms. The minimum absolute atomic E-state index is 0.0474. The van der Waals surface area contributed by atoms with Crippen LogP contribution >= 0.6 is 0 Å². The van der Waals surface area contributed by atoms with E-state index < -0.39 is 10.5 Å². The fraction of sp³-hybridized carbons (Fsp3) is 0.611. The molecule has 0 saturated heterocycles. The van der Waals surface area contributed by atoms with Crippen LogP contribution in [0.1, 0.15) is 62.7 Å². The summed E-state index contributed by atoms with van der Waals surface area (Å²) in [7, 11) is 0. The number of benzene rings is 1. The molecule has 0 heterocycles. The summed E-state index contributed by atoms with van der Waals surface area (Å²) >= 11 is 0. The molecule has 1 aromatic carbocycles. The van der Waals surface area contributed by atoms with Gasteiger partial charge < -0.3 is 15.7 Å². The van der Waals surface area contributed by atoms with E-state index in [2.05, 4.69) is 10.6 Å². The zero-order chi connectivity index (χ0) is 18.4. The summed E-state index contributed by atoms with van der Waals surface area (Å²) in [6, 6.07) is 4.32. The van der Waals surface area contributed by atoms with Crippen LogP contribution in [0, 0.1) is 10.1 Å². The van der Waals surface area contributed by atoms with Crippen molar-refractivity contribution in [3.05, 3.63) is 33.9 Å². The number of nitrogens with one attached hydrogen (secondary N) is 2. The summed E-state index contributed by atoms with van der Waals surface area (Å²) in [6.45, 7) is 3.93. The first-order valence-electron chi connectivity index (χ1n) is 8.86. The van der Waals surface area contributed by atoms with Gasteiger partial charge in [-0.3, -0.25) is 14.9 Å². The number of hydrogen-bond donors (Lipinski definition) is 3. The number of nitro groups is 1. The molecule has 0 aliphatic heterocycles. The van der Waals surface area contributed by atoms with Crippen LogP contribution in [0.3, 0.4) is 0 Å². The lowest BCUT2D eigenvalue weighted by Crippen LogP contribution is -2.36. The Morgan fingerprint density at radius 3 is 2.48 bits per heavy atom. The molecule has 1 aliphatic carbocycles. The van der Waals surface area contributed by atoms with Gasteiger partial charge in [0, 0.05) is 24.2 Å². The molecule has 0 atom stereocenters. The van der Waals surface area contributed by atoms with Crippen LogP contribution in [0.25, 0.3) is 0 Å². The van der Waals surface area contributed by atoms with E-state index in [0.29, 0.717) is 18.5 Å². The Bertz CT molecular complexity index is 623. The fourth-order valence-corrected chi connectivity index (χ4v) is 3.14. The topological polar surface area (TPSA) is 104 Å².